The Labute approximate surface area is 195 Å². The van der Waals surface area contributed by atoms with Gasteiger partial charge in [0.25, 0.3) is 0 Å². The maximum absolute atomic E-state index is 12.8. The van der Waals surface area contributed by atoms with Gasteiger partial charge in [-0.1, -0.05) is 0 Å². The molecule has 0 fully saturated rings. The quantitative estimate of drug-likeness (QED) is 0.591. The normalized spacial score (nSPS) is 24.0. The molecule has 4 nitrogen and oxygen atoms in total. The third kappa shape index (κ3) is 5.24. The maximum atomic E-state index is 12.8. The molecule has 6 heteroatoms. The Bertz CT molecular complexity index is 726. The van der Waals surface area contributed by atoms with Gasteiger partial charge >= 0.3 is 183 Å². The SMILES string of the molecule is CC1C2=C(CCCC2)C2=C1[CH]([Ti+]([O]C(=O)C(C)(C)C)[O]C(=O)C(C)(C)C)CCC2.[Cl-]. The Hall–Kier alpha value is -0.576. The molecule has 3 aliphatic rings. The van der Waals surface area contributed by atoms with E-state index in [9.17, 15) is 9.59 Å². The summed E-state index contributed by atoms with van der Waals surface area (Å²) in [4.78, 5) is 25.6. The summed E-state index contributed by atoms with van der Waals surface area (Å²) in [5.74, 6) is -0.0783. The van der Waals surface area contributed by atoms with Gasteiger partial charge in [-0.3, -0.25) is 0 Å². The average Bonchev–Trinajstić information content (AvgIpc) is 2.93. The molecule has 0 aliphatic heterocycles. The van der Waals surface area contributed by atoms with Crippen molar-refractivity contribution in [1.82, 2.24) is 0 Å². The van der Waals surface area contributed by atoms with E-state index in [0.29, 0.717) is 5.92 Å². The maximum Gasteiger partial charge on any atom is -1.00 e. The van der Waals surface area contributed by atoms with E-state index in [4.69, 9.17) is 6.64 Å². The predicted molar refractivity (Wildman–Crippen MR) is 110 cm³/mol. The van der Waals surface area contributed by atoms with Gasteiger partial charge in [0.1, 0.15) is 0 Å². The molecule has 0 amide bonds. The molecule has 2 unspecified atom stereocenters. The first kappa shape index (κ1) is 25.7. The summed E-state index contributed by atoms with van der Waals surface area (Å²) in [7, 11) is 0. The molecule has 0 saturated carbocycles. The second kappa shape index (κ2) is 9.51. The predicted octanol–water partition coefficient (Wildman–Crippen LogP) is 3.41. The summed E-state index contributed by atoms with van der Waals surface area (Å²) in [6.45, 7) is 13.5. The minimum atomic E-state index is -2.93. The van der Waals surface area contributed by atoms with Crippen LogP contribution in [-0.4, -0.2) is 11.9 Å². The first-order valence-electron chi connectivity index (χ1n) is 11.2. The van der Waals surface area contributed by atoms with Crippen LogP contribution in [0.15, 0.2) is 22.3 Å². The van der Waals surface area contributed by atoms with Crippen molar-refractivity contribution in [2.45, 2.75) is 97.6 Å². The molecule has 0 N–H and O–H groups in total. The fourth-order valence-electron chi connectivity index (χ4n) is 4.72. The topological polar surface area (TPSA) is 52.6 Å². The third-order valence-electron chi connectivity index (χ3n) is 6.40. The van der Waals surface area contributed by atoms with Gasteiger partial charge in [0.05, 0.1) is 0 Å². The number of hydrogen-bond donors (Lipinski definition) is 0. The summed E-state index contributed by atoms with van der Waals surface area (Å²) in [5, 5.41) is 0. The van der Waals surface area contributed by atoms with Gasteiger partial charge in [-0.25, -0.2) is 0 Å². The van der Waals surface area contributed by atoms with Crippen molar-refractivity contribution in [3.05, 3.63) is 22.3 Å². The molecule has 0 heterocycles. The van der Waals surface area contributed by atoms with Crippen LogP contribution in [0, 0.1) is 16.7 Å². The zero-order valence-electron chi connectivity index (χ0n) is 19.6. The summed E-state index contributed by atoms with van der Waals surface area (Å²) >= 11 is -2.93. The van der Waals surface area contributed by atoms with E-state index < -0.39 is 29.5 Å². The Morgan fingerprint density at radius 1 is 0.833 bits per heavy atom. The first-order chi connectivity index (χ1) is 13.4. The molecule has 0 aromatic carbocycles. The van der Waals surface area contributed by atoms with E-state index in [1.807, 2.05) is 41.5 Å². The van der Waals surface area contributed by atoms with Gasteiger partial charge in [0.15, 0.2) is 0 Å². The third-order valence-corrected chi connectivity index (χ3v) is 9.44. The molecule has 0 bridgehead atoms. The van der Waals surface area contributed by atoms with Crippen molar-refractivity contribution in [1.29, 1.82) is 0 Å². The second-order valence-electron chi connectivity index (χ2n) is 10.9. The van der Waals surface area contributed by atoms with Crippen molar-refractivity contribution in [2.24, 2.45) is 16.7 Å². The van der Waals surface area contributed by atoms with E-state index in [-0.39, 0.29) is 28.6 Å². The van der Waals surface area contributed by atoms with Crippen LogP contribution in [0.2, 0.25) is 4.22 Å². The molecule has 3 aliphatic carbocycles. The number of fused-ring (bicyclic) bond motifs is 1. The Morgan fingerprint density at radius 2 is 1.33 bits per heavy atom. The molecular weight excluding hydrogens is 436 g/mol. The molecule has 30 heavy (non-hydrogen) atoms. The number of carbonyl (C=O) groups excluding carboxylic acids is 2. The van der Waals surface area contributed by atoms with Gasteiger partial charge in [0.2, 0.25) is 0 Å². The molecular formula is C24H37ClO4Ti. The van der Waals surface area contributed by atoms with Gasteiger partial charge in [-0.05, 0) is 0 Å². The first-order valence-corrected chi connectivity index (χ1v) is 13.4. The minimum absolute atomic E-state index is 0. The zero-order chi connectivity index (χ0) is 21.6. The van der Waals surface area contributed by atoms with Crippen molar-refractivity contribution >= 4 is 11.9 Å². The second-order valence-corrected chi connectivity index (χ2v) is 13.6. The number of rotatable bonds is 3. The smallest absolute Gasteiger partial charge is 1.00 e. The van der Waals surface area contributed by atoms with E-state index in [2.05, 4.69) is 6.92 Å². The number of carbonyl (C=O) groups is 2. The van der Waals surface area contributed by atoms with Crippen molar-refractivity contribution < 1.29 is 47.3 Å². The molecule has 168 valence electrons. The summed E-state index contributed by atoms with van der Waals surface area (Å²) < 4.78 is 12.2. The largest absolute Gasteiger partial charge is 1.00 e. The van der Waals surface area contributed by atoms with Crippen LogP contribution in [-0.2, 0) is 34.9 Å². The van der Waals surface area contributed by atoms with Crippen LogP contribution in [0.3, 0.4) is 0 Å². The van der Waals surface area contributed by atoms with E-state index in [1.165, 1.54) is 36.8 Å². The monoisotopic (exact) mass is 472 g/mol. The Balaban J connectivity index is 0.00000320. The van der Waals surface area contributed by atoms with Crippen LogP contribution in [0.5, 0.6) is 0 Å². The fourth-order valence-corrected chi connectivity index (χ4v) is 8.50. The molecule has 0 aromatic rings. The van der Waals surface area contributed by atoms with Crippen LogP contribution < -0.4 is 12.4 Å². The summed E-state index contributed by atoms with van der Waals surface area (Å²) in [6.07, 6.45) is 8.10. The molecule has 3 rings (SSSR count). The van der Waals surface area contributed by atoms with Crippen LogP contribution in [0.25, 0.3) is 0 Å². The van der Waals surface area contributed by atoms with Crippen LogP contribution in [0.1, 0.15) is 93.4 Å². The van der Waals surface area contributed by atoms with Crippen LogP contribution >= 0.6 is 0 Å². The molecule has 0 aromatic heterocycles. The molecule has 0 saturated heterocycles. The van der Waals surface area contributed by atoms with Gasteiger partial charge in [0, 0.05) is 0 Å². The van der Waals surface area contributed by atoms with Gasteiger partial charge in [-0.15, -0.1) is 0 Å². The number of hydrogen-bond acceptors (Lipinski definition) is 4. The Morgan fingerprint density at radius 3 is 1.87 bits per heavy atom. The molecule has 0 spiro atoms. The van der Waals surface area contributed by atoms with Gasteiger partial charge < -0.3 is 12.4 Å². The van der Waals surface area contributed by atoms with Crippen LogP contribution in [0.4, 0.5) is 0 Å². The number of allylic oxidation sites excluding steroid dienone is 4. The van der Waals surface area contributed by atoms with Crippen molar-refractivity contribution in [3.63, 3.8) is 0 Å². The fraction of sp³-hybridized carbons (Fsp3) is 0.750. The summed E-state index contributed by atoms with van der Waals surface area (Å²) in [5.41, 5.74) is 4.96. The van der Waals surface area contributed by atoms with E-state index >= 15 is 0 Å². The molecule has 0 radical (unpaired) electrons. The molecule has 2 atom stereocenters. The van der Waals surface area contributed by atoms with E-state index in [1.54, 1.807) is 11.1 Å². The van der Waals surface area contributed by atoms with Crippen molar-refractivity contribution in [2.75, 3.05) is 0 Å². The van der Waals surface area contributed by atoms with Gasteiger partial charge in [-0.2, -0.15) is 0 Å². The zero-order valence-corrected chi connectivity index (χ0v) is 21.9. The average molecular weight is 473 g/mol. The minimum Gasteiger partial charge on any atom is -1.00 e. The Kier molecular flexibility index (Phi) is 8.14. The summed E-state index contributed by atoms with van der Waals surface area (Å²) in [6, 6.07) is 0. The standard InChI is InChI=1S/C14H19.2C5H10O2.ClH.Ti/c1-10-11-6-2-4-8-13(11)14-9-5-3-7-12(10)14;2*1-5(2,3)4(6)7;;/h6,10H,2-5,7-9H2,1H3;2*1-3H3,(H,6,7);1H;/q;;;;+3/p-3. The van der Waals surface area contributed by atoms with E-state index in [0.717, 1.165) is 19.3 Å². The van der Waals surface area contributed by atoms with Crippen molar-refractivity contribution in [3.8, 4) is 0 Å². The number of halogens is 1.